The molecule has 2 nitrogen and oxygen atoms in total. The molecule has 19 heavy (non-hydrogen) atoms. The Bertz CT molecular complexity index is 641. The molecule has 0 unspecified atom stereocenters. The first-order valence-corrected chi connectivity index (χ1v) is 6.12. The minimum atomic E-state index is -0.485. The van der Waals surface area contributed by atoms with E-state index in [0.717, 1.165) is 6.07 Å². The number of carbonyl (C=O) groups is 1. The standard InChI is InChI=1S/C14H9Cl2FO2/c1-19-13-7-11(15)10(6-12(13)16)14(18)8-3-2-4-9(17)5-8/h2-7H,1H3. The first-order chi connectivity index (χ1) is 9.02. The molecule has 0 radical (unpaired) electrons. The minimum absolute atomic E-state index is 0.204. The van der Waals surface area contributed by atoms with Gasteiger partial charge in [0.05, 0.1) is 17.2 Å². The summed E-state index contributed by atoms with van der Waals surface area (Å²) >= 11 is 12.0. The van der Waals surface area contributed by atoms with Crippen LogP contribution in [0.1, 0.15) is 15.9 Å². The SMILES string of the molecule is COc1cc(Cl)c(C(=O)c2cccc(F)c2)cc1Cl. The molecule has 5 heteroatoms. The number of benzene rings is 2. The molecule has 0 N–H and O–H groups in total. The molecule has 0 bridgehead atoms. The highest BCUT2D eigenvalue weighted by atomic mass is 35.5. The molecule has 98 valence electrons. The smallest absolute Gasteiger partial charge is 0.194 e. The van der Waals surface area contributed by atoms with Gasteiger partial charge in [-0.2, -0.15) is 0 Å². The van der Waals surface area contributed by atoms with Crippen molar-refractivity contribution in [1.29, 1.82) is 0 Å². The lowest BCUT2D eigenvalue weighted by Gasteiger charge is -2.08. The van der Waals surface area contributed by atoms with Crippen LogP contribution < -0.4 is 4.74 Å². The average molecular weight is 299 g/mol. The van der Waals surface area contributed by atoms with Crippen LogP contribution in [0.2, 0.25) is 10.0 Å². The lowest BCUT2D eigenvalue weighted by atomic mass is 10.0. The van der Waals surface area contributed by atoms with Crippen LogP contribution in [0.25, 0.3) is 0 Å². The number of rotatable bonds is 3. The Balaban J connectivity index is 2.47. The normalized spacial score (nSPS) is 10.3. The fourth-order valence-corrected chi connectivity index (χ4v) is 2.12. The second-order valence-electron chi connectivity index (χ2n) is 3.81. The summed E-state index contributed by atoms with van der Waals surface area (Å²) < 4.78 is 18.1. The van der Waals surface area contributed by atoms with Crippen molar-refractivity contribution in [2.45, 2.75) is 0 Å². The molecule has 0 spiro atoms. The van der Waals surface area contributed by atoms with Crippen LogP contribution >= 0.6 is 23.2 Å². The zero-order chi connectivity index (χ0) is 14.0. The van der Waals surface area contributed by atoms with Gasteiger partial charge in [-0.1, -0.05) is 35.3 Å². The van der Waals surface area contributed by atoms with Crippen molar-refractivity contribution in [3.8, 4) is 5.75 Å². The predicted molar refractivity (Wildman–Crippen MR) is 72.8 cm³/mol. The average Bonchev–Trinajstić information content (AvgIpc) is 2.40. The quantitative estimate of drug-likeness (QED) is 0.787. The maximum atomic E-state index is 13.1. The number of methoxy groups -OCH3 is 1. The number of hydrogen-bond donors (Lipinski definition) is 0. The van der Waals surface area contributed by atoms with Gasteiger partial charge in [-0.3, -0.25) is 4.79 Å². The van der Waals surface area contributed by atoms with E-state index in [-0.39, 0.29) is 21.2 Å². The van der Waals surface area contributed by atoms with Gasteiger partial charge in [0.1, 0.15) is 11.6 Å². The molecular formula is C14H9Cl2FO2. The molecule has 0 aromatic heterocycles. The Morgan fingerprint density at radius 3 is 2.53 bits per heavy atom. The largest absolute Gasteiger partial charge is 0.495 e. The zero-order valence-corrected chi connectivity index (χ0v) is 11.4. The Morgan fingerprint density at radius 2 is 1.89 bits per heavy atom. The van der Waals surface area contributed by atoms with E-state index in [1.807, 2.05) is 0 Å². The summed E-state index contributed by atoms with van der Waals surface area (Å²) in [6.07, 6.45) is 0. The monoisotopic (exact) mass is 298 g/mol. The van der Waals surface area contributed by atoms with Crippen LogP contribution in [-0.4, -0.2) is 12.9 Å². The van der Waals surface area contributed by atoms with Crippen LogP contribution in [0.15, 0.2) is 36.4 Å². The molecule has 2 aromatic carbocycles. The van der Waals surface area contributed by atoms with Gasteiger partial charge in [0.15, 0.2) is 5.78 Å². The molecule has 0 fully saturated rings. The lowest BCUT2D eigenvalue weighted by molar-refractivity contribution is 0.103. The van der Waals surface area contributed by atoms with E-state index in [1.54, 1.807) is 0 Å². The first-order valence-electron chi connectivity index (χ1n) is 5.36. The molecule has 0 aliphatic rings. The molecule has 0 aliphatic heterocycles. The van der Waals surface area contributed by atoms with Crippen molar-refractivity contribution in [2.24, 2.45) is 0 Å². The van der Waals surface area contributed by atoms with Gasteiger partial charge in [-0.15, -0.1) is 0 Å². The number of hydrogen-bond acceptors (Lipinski definition) is 2. The summed E-state index contributed by atoms with van der Waals surface area (Å²) in [7, 11) is 1.45. The van der Waals surface area contributed by atoms with Crippen LogP contribution in [-0.2, 0) is 0 Å². The zero-order valence-electron chi connectivity index (χ0n) is 9.91. The highest BCUT2D eigenvalue weighted by Crippen LogP contribution is 2.32. The molecule has 0 atom stereocenters. The van der Waals surface area contributed by atoms with Crippen molar-refractivity contribution < 1.29 is 13.9 Å². The van der Waals surface area contributed by atoms with E-state index in [9.17, 15) is 9.18 Å². The Morgan fingerprint density at radius 1 is 1.16 bits per heavy atom. The van der Waals surface area contributed by atoms with Crippen LogP contribution in [0, 0.1) is 5.82 Å². The van der Waals surface area contributed by atoms with Gasteiger partial charge in [-0.05, 0) is 18.2 Å². The molecule has 0 amide bonds. The summed E-state index contributed by atoms with van der Waals surface area (Å²) in [5.41, 5.74) is 0.418. The highest BCUT2D eigenvalue weighted by Gasteiger charge is 2.16. The van der Waals surface area contributed by atoms with Crippen molar-refractivity contribution in [3.05, 3.63) is 63.4 Å². The second-order valence-corrected chi connectivity index (χ2v) is 4.62. The van der Waals surface area contributed by atoms with Gasteiger partial charge in [0, 0.05) is 17.2 Å². The number of ketones is 1. The molecule has 0 heterocycles. The molecule has 2 rings (SSSR count). The maximum Gasteiger partial charge on any atom is 0.194 e. The van der Waals surface area contributed by atoms with Crippen molar-refractivity contribution in [3.63, 3.8) is 0 Å². The topological polar surface area (TPSA) is 26.3 Å². The number of halogens is 3. The first kappa shape index (κ1) is 13.8. The third kappa shape index (κ3) is 2.88. The third-order valence-corrected chi connectivity index (χ3v) is 3.18. The number of ether oxygens (including phenoxy) is 1. The predicted octanol–water partition coefficient (Wildman–Crippen LogP) is 4.37. The van der Waals surface area contributed by atoms with Crippen molar-refractivity contribution in [2.75, 3.05) is 7.11 Å². The summed E-state index contributed by atoms with van der Waals surface area (Å²) in [6.45, 7) is 0. The summed E-state index contributed by atoms with van der Waals surface area (Å²) in [5.74, 6) is -0.502. The van der Waals surface area contributed by atoms with E-state index in [0.29, 0.717) is 5.75 Å². The van der Waals surface area contributed by atoms with Crippen LogP contribution in [0.4, 0.5) is 4.39 Å². The Kier molecular flexibility index (Phi) is 4.08. The van der Waals surface area contributed by atoms with Crippen molar-refractivity contribution >= 4 is 29.0 Å². The third-order valence-electron chi connectivity index (χ3n) is 2.57. The molecule has 0 saturated heterocycles. The Labute approximate surface area is 119 Å². The van der Waals surface area contributed by atoms with Gasteiger partial charge >= 0.3 is 0 Å². The van der Waals surface area contributed by atoms with E-state index < -0.39 is 11.6 Å². The van der Waals surface area contributed by atoms with E-state index in [4.69, 9.17) is 27.9 Å². The lowest BCUT2D eigenvalue weighted by Crippen LogP contribution is -2.03. The fourth-order valence-electron chi connectivity index (χ4n) is 1.64. The highest BCUT2D eigenvalue weighted by molar-refractivity contribution is 6.37. The molecule has 0 aliphatic carbocycles. The summed E-state index contributed by atoms with van der Waals surface area (Å²) in [5, 5.41) is 0.474. The minimum Gasteiger partial charge on any atom is -0.495 e. The molecule has 0 saturated carbocycles. The molecular weight excluding hydrogens is 290 g/mol. The second kappa shape index (κ2) is 5.59. The van der Waals surface area contributed by atoms with Gasteiger partial charge in [0.2, 0.25) is 0 Å². The summed E-state index contributed by atoms with van der Waals surface area (Å²) in [4.78, 5) is 12.2. The van der Waals surface area contributed by atoms with Gasteiger partial charge in [0.25, 0.3) is 0 Å². The summed E-state index contributed by atoms with van der Waals surface area (Å²) in [6, 6.07) is 8.25. The van der Waals surface area contributed by atoms with Gasteiger partial charge in [-0.25, -0.2) is 4.39 Å². The molecule has 2 aromatic rings. The van der Waals surface area contributed by atoms with Gasteiger partial charge < -0.3 is 4.74 Å². The van der Waals surface area contributed by atoms with Crippen molar-refractivity contribution in [1.82, 2.24) is 0 Å². The number of carbonyl (C=O) groups excluding carboxylic acids is 1. The fraction of sp³-hybridized carbons (Fsp3) is 0.0714. The van der Waals surface area contributed by atoms with Crippen LogP contribution in [0.5, 0.6) is 5.75 Å². The van der Waals surface area contributed by atoms with E-state index >= 15 is 0 Å². The Hall–Kier alpha value is -1.58. The maximum absolute atomic E-state index is 13.1. The van der Waals surface area contributed by atoms with E-state index in [2.05, 4.69) is 0 Å². The van der Waals surface area contributed by atoms with E-state index in [1.165, 1.54) is 37.4 Å². The van der Waals surface area contributed by atoms with Crippen LogP contribution in [0.3, 0.4) is 0 Å².